The first-order chi connectivity index (χ1) is 7.27. The van der Waals surface area contributed by atoms with Gasteiger partial charge in [0.1, 0.15) is 6.61 Å². The van der Waals surface area contributed by atoms with Crippen molar-refractivity contribution in [1.82, 2.24) is 0 Å². The molecule has 1 N–H and O–H groups in total. The van der Waals surface area contributed by atoms with Gasteiger partial charge in [-0.15, -0.1) is 0 Å². The highest BCUT2D eigenvalue weighted by molar-refractivity contribution is 7.87. The van der Waals surface area contributed by atoms with Crippen LogP contribution in [0.25, 0.3) is 0 Å². The third kappa shape index (κ3) is 4.30. The molecule has 0 saturated carbocycles. The minimum absolute atomic E-state index is 0.0846. The largest absolute Gasteiger partial charge is 0.460 e. The van der Waals surface area contributed by atoms with E-state index in [-0.39, 0.29) is 19.6 Å². The van der Waals surface area contributed by atoms with Crippen LogP contribution in [0.5, 0.6) is 0 Å². The van der Waals surface area contributed by atoms with Gasteiger partial charge in [0.25, 0.3) is 10.1 Å². The minimum Gasteiger partial charge on any atom is -0.460 e. The molecule has 1 unspecified atom stereocenters. The van der Waals surface area contributed by atoms with Crippen LogP contribution in [0.2, 0.25) is 0 Å². The first-order valence-corrected chi connectivity index (χ1v) is 6.11. The monoisotopic (exact) mass is 252 g/mol. The topological polar surface area (TPSA) is 89.9 Å². The number of hydrogen-bond donors (Lipinski definition) is 1. The molecule has 6 nitrogen and oxygen atoms in total. The number of rotatable bonds is 7. The van der Waals surface area contributed by atoms with Crippen LogP contribution in [0.4, 0.5) is 0 Å². The molecular formula is C9H16O6S. The fourth-order valence-electron chi connectivity index (χ4n) is 0.818. The highest BCUT2D eigenvalue weighted by atomic mass is 32.2. The van der Waals surface area contributed by atoms with Crippen LogP contribution in [0.3, 0.4) is 0 Å². The molecule has 0 heterocycles. The lowest BCUT2D eigenvalue weighted by molar-refractivity contribution is -0.140. The molecule has 0 bridgehead atoms. The summed E-state index contributed by atoms with van der Waals surface area (Å²) in [6.07, 6.45) is 1.07. The van der Waals surface area contributed by atoms with Crippen molar-refractivity contribution in [3.63, 3.8) is 0 Å². The van der Waals surface area contributed by atoms with Crippen molar-refractivity contribution in [3.05, 3.63) is 12.7 Å². The Balaban J connectivity index is 4.18. The standard InChI is InChI=1S/C9H16O6S/c1-4-8(10)14-6-7-15-9(3,5-2)16(11,12)13/h4H,1,5-7H2,2-3H3,(H,11,12,13). The number of esters is 1. The van der Waals surface area contributed by atoms with Crippen LogP contribution >= 0.6 is 0 Å². The highest BCUT2D eigenvalue weighted by Gasteiger charge is 2.37. The van der Waals surface area contributed by atoms with Gasteiger partial charge in [-0.25, -0.2) is 4.79 Å². The minimum atomic E-state index is -4.30. The molecule has 0 aliphatic carbocycles. The van der Waals surface area contributed by atoms with Gasteiger partial charge in [0, 0.05) is 6.08 Å². The average molecular weight is 252 g/mol. The first kappa shape index (κ1) is 15.1. The normalized spacial score (nSPS) is 15.2. The molecule has 1 atom stereocenters. The summed E-state index contributed by atoms with van der Waals surface area (Å²) in [7, 11) is -4.30. The summed E-state index contributed by atoms with van der Waals surface area (Å²) in [5, 5.41) is 0. The van der Waals surface area contributed by atoms with E-state index in [4.69, 9.17) is 9.29 Å². The second kappa shape index (κ2) is 5.97. The van der Waals surface area contributed by atoms with Gasteiger partial charge in [0.2, 0.25) is 0 Å². The maximum absolute atomic E-state index is 11.0. The van der Waals surface area contributed by atoms with E-state index in [1.807, 2.05) is 0 Å². The zero-order chi connectivity index (χ0) is 12.8. The Labute approximate surface area is 95.0 Å². The summed E-state index contributed by atoms with van der Waals surface area (Å²) in [5.74, 6) is -0.617. The highest BCUT2D eigenvalue weighted by Crippen LogP contribution is 2.21. The van der Waals surface area contributed by atoms with Gasteiger partial charge in [0.15, 0.2) is 4.93 Å². The molecule has 0 radical (unpaired) electrons. The average Bonchev–Trinajstić information content (AvgIpc) is 2.21. The SMILES string of the molecule is C=CC(=O)OCCOC(C)(CC)S(=O)(=O)O. The van der Waals surface area contributed by atoms with Gasteiger partial charge in [0.05, 0.1) is 6.61 Å². The fourth-order valence-corrected chi connectivity index (χ4v) is 1.41. The first-order valence-electron chi connectivity index (χ1n) is 4.67. The van der Waals surface area contributed by atoms with Crippen molar-refractivity contribution in [3.8, 4) is 0 Å². The lowest BCUT2D eigenvalue weighted by atomic mass is 10.3. The van der Waals surface area contributed by atoms with Crippen LogP contribution in [0.15, 0.2) is 12.7 Å². The fraction of sp³-hybridized carbons (Fsp3) is 0.667. The van der Waals surface area contributed by atoms with E-state index < -0.39 is 21.0 Å². The summed E-state index contributed by atoms with van der Waals surface area (Å²) in [6, 6.07) is 0. The van der Waals surface area contributed by atoms with Crippen LogP contribution in [0, 0.1) is 0 Å². The molecule has 0 saturated heterocycles. The van der Waals surface area contributed by atoms with Crippen molar-refractivity contribution in [2.45, 2.75) is 25.2 Å². The molecule has 0 aliphatic rings. The van der Waals surface area contributed by atoms with Crippen molar-refractivity contribution >= 4 is 16.1 Å². The third-order valence-corrected chi connectivity index (χ3v) is 3.59. The van der Waals surface area contributed by atoms with Crippen LogP contribution < -0.4 is 0 Å². The van der Waals surface area contributed by atoms with Gasteiger partial charge in [-0.2, -0.15) is 8.42 Å². The molecule has 16 heavy (non-hydrogen) atoms. The van der Waals surface area contributed by atoms with Gasteiger partial charge in [-0.1, -0.05) is 13.5 Å². The lowest BCUT2D eigenvalue weighted by Gasteiger charge is -2.24. The molecule has 94 valence electrons. The second-order valence-corrected chi connectivity index (χ2v) is 5.00. The lowest BCUT2D eigenvalue weighted by Crippen LogP contribution is -2.38. The van der Waals surface area contributed by atoms with Gasteiger partial charge < -0.3 is 9.47 Å². The summed E-state index contributed by atoms with van der Waals surface area (Å²) in [4.78, 5) is 8.97. The smallest absolute Gasteiger partial charge is 0.330 e. The van der Waals surface area contributed by atoms with E-state index in [9.17, 15) is 13.2 Å². The van der Waals surface area contributed by atoms with E-state index in [2.05, 4.69) is 11.3 Å². The molecule has 0 aliphatic heterocycles. The summed E-state index contributed by atoms with van der Waals surface area (Å²) >= 11 is 0. The number of hydrogen-bond acceptors (Lipinski definition) is 5. The van der Waals surface area contributed by atoms with E-state index in [1.165, 1.54) is 6.92 Å². The Morgan fingerprint density at radius 3 is 2.44 bits per heavy atom. The van der Waals surface area contributed by atoms with Crippen LogP contribution in [-0.2, 0) is 24.4 Å². The second-order valence-electron chi connectivity index (χ2n) is 3.18. The molecule has 0 aromatic carbocycles. The Hall–Kier alpha value is -0.920. The zero-order valence-corrected chi connectivity index (χ0v) is 10.1. The van der Waals surface area contributed by atoms with Gasteiger partial charge in [-0.3, -0.25) is 4.55 Å². The van der Waals surface area contributed by atoms with Crippen molar-refractivity contribution in [2.75, 3.05) is 13.2 Å². The summed E-state index contributed by atoms with van der Waals surface area (Å²) in [6.45, 7) is 5.78. The zero-order valence-electron chi connectivity index (χ0n) is 9.30. The molecule has 0 fully saturated rings. The Kier molecular flexibility index (Phi) is 5.63. The van der Waals surface area contributed by atoms with Crippen LogP contribution in [-0.4, -0.2) is 37.1 Å². The van der Waals surface area contributed by atoms with Crippen molar-refractivity contribution < 1.29 is 27.2 Å². The summed E-state index contributed by atoms with van der Waals surface area (Å²) in [5.41, 5.74) is 0. The molecule has 0 rings (SSSR count). The number of carbonyl (C=O) groups excluding carboxylic acids is 1. The number of ether oxygens (including phenoxy) is 2. The van der Waals surface area contributed by atoms with E-state index in [0.29, 0.717) is 0 Å². The molecular weight excluding hydrogens is 236 g/mol. The van der Waals surface area contributed by atoms with Crippen molar-refractivity contribution in [1.29, 1.82) is 0 Å². The summed E-state index contributed by atoms with van der Waals surface area (Å²) < 4.78 is 40.4. The predicted octanol–water partition coefficient (Wildman–Crippen LogP) is 0.746. The van der Waals surface area contributed by atoms with Crippen molar-refractivity contribution in [2.24, 2.45) is 0 Å². The van der Waals surface area contributed by atoms with E-state index in [0.717, 1.165) is 6.08 Å². The Morgan fingerprint density at radius 1 is 1.50 bits per heavy atom. The third-order valence-electron chi connectivity index (χ3n) is 2.09. The Morgan fingerprint density at radius 2 is 2.06 bits per heavy atom. The maximum atomic E-state index is 11.0. The molecule has 0 aromatic heterocycles. The molecule has 7 heteroatoms. The Bertz CT molecular complexity index is 347. The predicted molar refractivity (Wildman–Crippen MR) is 57.4 cm³/mol. The van der Waals surface area contributed by atoms with E-state index >= 15 is 0 Å². The van der Waals surface area contributed by atoms with Gasteiger partial charge in [-0.05, 0) is 13.3 Å². The maximum Gasteiger partial charge on any atom is 0.330 e. The van der Waals surface area contributed by atoms with E-state index in [1.54, 1.807) is 6.92 Å². The number of carbonyl (C=O) groups is 1. The molecule has 0 aromatic rings. The quantitative estimate of drug-likeness (QED) is 0.311. The molecule has 0 spiro atoms. The van der Waals surface area contributed by atoms with Gasteiger partial charge >= 0.3 is 5.97 Å². The van der Waals surface area contributed by atoms with Crippen LogP contribution in [0.1, 0.15) is 20.3 Å². The molecule has 0 amide bonds.